The summed E-state index contributed by atoms with van der Waals surface area (Å²) in [5.74, 6) is -0.884. The lowest BCUT2D eigenvalue weighted by Crippen LogP contribution is -2.13. The number of nitriles is 1. The molecule has 0 saturated heterocycles. The number of nitrogens with one attached hydrogen (secondary N) is 1. The van der Waals surface area contributed by atoms with E-state index in [2.05, 4.69) is 5.32 Å². The fourth-order valence-corrected chi connectivity index (χ4v) is 3.05. The first kappa shape index (κ1) is 20.6. The number of hydrogen-bond donors (Lipinski definition) is 1. The maximum absolute atomic E-state index is 14.0. The fourth-order valence-electron chi connectivity index (χ4n) is 2.74. The Bertz CT molecular complexity index is 1120. The molecule has 0 aliphatic heterocycles. The molecule has 0 spiro atoms. The Balaban J connectivity index is 1.91. The molecule has 0 aliphatic carbocycles. The van der Waals surface area contributed by atoms with E-state index in [9.17, 15) is 14.4 Å². The highest BCUT2D eigenvalue weighted by Crippen LogP contribution is 2.23. The zero-order valence-corrected chi connectivity index (χ0v) is 16.6. The number of hydrogen-bond acceptors (Lipinski definition) is 2. The Hall–Kier alpha value is -3.13. The van der Waals surface area contributed by atoms with Crippen molar-refractivity contribution in [1.82, 2.24) is 0 Å². The molecule has 144 valence electrons. The van der Waals surface area contributed by atoms with E-state index in [1.165, 1.54) is 12.1 Å². The molecule has 0 saturated carbocycles. The van der Waals surface area contributed by atoms with Crippen LogP contribution >= 0.6 is 23.2 Å². The fraction of sp³-hybridized carbons (Fsp3) is 0.0435. The molecule has 6 heteroatoms. The summed E-state index contributed by atoms with van der Waals surface area (Å²) < 4.78 is 14.0. The van der Waals surface area contributed by atoms with Crippen molar-refractivity contribution in [2.24, 2.45) is 0 Å². The maximum Gasteiger partial charge on any atom is 0.266 e. The number of carbonyl (C=O) groups is 1. The molecule has 3 rings (SSSR count). The van der Waals surface area contributed by atoms with Gasteiger partial charge in [-0.15, -0.1) is 0 Å². The zero-order chi connectivity index (χ0) is 20.8. The van der Waals surface area contributed by atoms with Gasteiger partial charge in [0, 0.05) is 22.2 Å². The quantitative estimate of drug-likeness (QED) is 0.387. The van der Waals surface area contributed by atoms with Crippen molar-refractivity contribution in [3.63, 3.8) is 0 Å². The number of amides is 1. The van der Waals surface area contributed by atoms with Crippen LogP contribution in [0.25, 0.3) is 6.08 Å². The van der Waals surface area contributed by atoms with Gasteiger partial charge in [-0.05, 0) is 65.2 Å². The summed E-state index contributed by atoms with van der Waals surface area (Å²) in [5, 5.41) is 13.1. The second-order valence-electron chi connectivity index (χ2n) is 6.24. The first-order valence-corrected chi connectivity index (χ1v) is 9.42. The lowest BCUT2D eigenvalue weighted by Gasteiger charge is -2.09. The molecule has 0 aliphatic rings. The van der Waals surface area contributed by atoms with Crippen molar-refractivity contribution in [3.8, 4) is 6.07 Å². The summed E-state index contributed by atoms with van der Waals surface area (Å²) in [5.41, 5.74) is 2.24. The maximum atomic E-state index is 14.0. The molecule has 3 aromatic rings. The van der Waals surface area contributed by atoms with Gasteiger partial charge in [-0.2, -0.15) is 5.26 Å². The monoisotopic (exact) mass is 424 g/mol. The van der Waals surface area contributed by atoms with Gasteiger partial charge in [0.2, 0.25) is 0 Å². The minimum atomic E-state index is -0.563. The SMILES string of the molecule is N#C/C(=C\c1cc(Cl)ccc1Cc1ccccc1F)C(=O)Nc1ccc(Cl)cc1. The van der Waals surface area contributed by atoms with Crippen LogP contribution in [0.1, 0.15) is 16.7 Å². The average molecular weight is 425 g/mol. The van der Waals surface area contributed by atoms with E-state index in [4.69, 9.17) is 23.2 Å². The number of anilines is 1. The van der Waals surface area contributed by atoms with Gasteiger partial charge in [-0.1, -0.05) is 47.5 Å². The average Bonchev–Trinajstić information content (AvgIpc) is 2.71. The van der Waals surface area contributed by atoms with E-state index >= 15 is 0 Å². The van der Waals surface area contributed by atoms with Crippen molar-refractivity contribution in [1.29, 1.82) is 5.26 Å². The minimum absolute atomic E-state index is 0.1000. The summed E-state index contributed by atoms with van der Waals surface area (Å²) in [7, 11) is 0. The van der Waals surface area contributed by atoms with Crippen LogP contribution in [0, 0.1) is 17.1 Å². The first-order chi connectivity index (χ1) is 14.0. The van der Waals surface area contributed by atoms with Crippen LogP contribution in [0.4, 0.5) is 10.1 Å². The number of nitrogens with zero attached hydrogens (tertiary/aromatic N) is 1. The molecule has 0 unspecified atom stereocenters. The van der Waals surface area contributed by atoms with Gasteiger partial charge in [0.1, 0.15) is 17.5 Å². The van der Waals surface area contributed by atoms with Crippen molar-refractivity contribution < 1.29 is 9.18 Å². The highest BCUT2D eigenvalue weighted by Gasteiger charge is 2.12. The van der Waals surface area contributed by atoms with E-state index < -0.39 is 5.91 Å². The number of benzene rings is 3. The molecular formula is C23H15Cl2FN2O. The van der Waals surface area contributed by atoms with Gasteiger partial charge in [-0.25, -0.2) is 4.39 Å². The molecule has 0 heterocycles. The highest BCUT2D eigenvalue weighted by molar-refractivity contribution is 6.31. The molecule has 0 fully saturated rings. The Labute approximate surface area is 178 Å². The summed E-state index contributed by atoms with van der Waals surface area (Å²) in [6, 6.07) is 20.0. The largest absolute Gasteiger partial charge is 0.321 e. The molecule has 0 bridgehead atoms. The predicted molar refractivity (Wildman–Crippen MR) is 114 cm³/mol. The topological polar surface area (TPSA) is 52.9 Å². The summed E-state index contributed by atoms with van der Waals surface area (Å²) in [6.45, 7) is 0. The first-order valence-electron chi connectivity index (χ1n) is 8.67. The van der Waals surface area contributed by atoms with Crippen LogP contribution in [0.15, 0.2) is 72.3 Å². The lowest BCUT2D eigenvalue weighted by atomic mass is 9.98. The van der Waals surface area contributed by atoms with E-state index in [1.54, 1.807) is 60.7 Å². The normalized spacial score (nSPS) is 11.0. The summed E-state index contributed by atoms with van der Waals surface area (Å²) in [4.78, 5) is 12.5. The molecule has 0 atom stereocenters. The van der Waals surface area contributed by atoms with Crippen LogP contribution in [0.2, 0.25) is 10.0 Å². The van der Waals surface area contributed by atoms with Crippen LogP contribution in [0.5, 0.6) is 0 Å². The van der Waals surface area contributed by atoms with Crippen molar-refractivity contribution in [3.05, 3.63) is 105 Å². The second-order valence-corrected chi connectivity index (χ2v) is 7.12. The van der Waals surface area contributed by atoms with Crippen LogP contribution in [-0.4, -0.2) is 5.91 Å². The smallest absolute Gasteiger partial charge is 0.266 e. The van der Waals surface area contributed by atoms with Crippen LogP contribution in [-0.2, 0) is 11.2 Å². The predicted octanol–water partition coefficient (Wildman–Crippen LogP) is 6.27. The van der Waals surface area contributed by atoms with Gasteiger partial charge in [0.05, 0.1) is 0 Å². The summed E-state index contributed by atoms with van der Waals surface area (Å²) >= 11 is 11.9. The molecule has 3 nitrogen and oxygen atoms in total. The van der Waals surface area contributed by atoms with E-state index in [0.717, 1.165) is 5.56 Å². The summed E-state index contributed by atoms with van der Waals surface area (Å²) in [6.07, 6.45) is 1.75. The van der Waals surface area contributed by atoms with E-state index in [1.807, 2.05) is 6.07 Å². The Kier molecular flexibility index (Phi) is 6.66. The van der Waals surface area contributed by atoms with E-state index in [-0.39, 0.29) is 11.4 Å². The number of carbonyl (C=O) groups excluding carboxylic acids is 1. The van der Waals surface area contributed by atoms with Gasteiger partial charge >= 0.3 is 0 Å². The highest BCUT2D eigenvalue weighted by atomic mass is 35.5. The number of halogens is 3. The van der Waals surface area contributed by atoms with Crippen LogP contribution in [0.3, 0.4) is 0 Å². The van der Waals surface area contributed by atoms with Gasteiger partial charge < -0.3 is 5.32 Å². The molecule has 0 aromatic heterocycles. The molecule has 1 amide bonds. The zero-order valence-electron chi connectivity index (χ0n) is 15.1. The Morgan fingerprint density at radius 2 is 1.69 bits per heavy atom. The number of rotatable bonds is 5. The standard InChI is InChI=1S/C23H15Cl2FN2O/c24-19-7-9-21(10-8-19)28-23(29)18(14-27)12-17-13-20(25)6-5-15(17)11-16-3-1-2-4-22(16)26/h1-10,12-13H,11H2,(H,28,29)/b18-12+. The molecule has 29 heavy (non-hydrogen) atoms. The van der Waals surface area contributed by atoms with Crippen LogP contribution < -0.4 is 5.32 Å². The third-order valence-corrected chi connectivity index (χ3v) is 4.70. The van der Waals surface area contributed by atoms with Crippen molar-refractivity contribution in [2.45, 2.75) is 6.42 Å². The van der Waals surface area contributed by atoms with Gasteiger partial charge in [0.15, 0.2) is 0 Å². The van der Waals surface area contributed by atoms with Crippen molar-refractivity contribution in [2.75, 3.05) is 5.32 Å². The van der Waals surface area contributed by atoms with Gasteiger partial charge in [-0.3, -0.25) is 4.79 Å². The van der Waals surface area contributed by atoms with E-state index in [0.29, 0.717) is 33.3 Å². The third kappa shape index (κ3) is 5.45. The van der Waals surface area contributed by atoms with Crippen molar-refractivity contribution >= 4 is 40.9 Å². The molecule has 0 radical (unpaired) electrons. The molecular weight excluding hydrogens is 410 g/mol. The lowest BCUT2D eigenvalue weighted by molar-refractivity contribution is -0.112. The Morgan fingerprint density at radius 1 is 1.00 bits per heavy atom. The molecule has 1 N–H and O–H groups in total. The second kappa shape index (κ2) is 9.38. The minimum Gasteiger partial charge on any atom is -0.321 e. The molecule has 3 aromatic carbocycles. The Morgan fingerprint density at radius 3 is 2.38 bits per heavy atom. The van der Waals surface area contributed by atoms with Gasteiger partial charge in [0.25, 0.3) is 5.91 Å². The third-order valence-electron chi connectivity index (χ3n) is 4.21.